The first kappa shape index (κ1) is 19.3. The first-order valence-electron chi connectivity index (χ1n) is 11.7. The van der Waals surface area contributed by atoms with E-state index in [4.69, 9.17) is 0 Å². The molecule has 0 spiro atoms. The lowest BCUT2D eigenvalue weighted by Gasteiger charge is -2.54. The predicted octanol–water partition coefficient (Wildman–Crippen LogP) is 5.18. The van der Waals surface area contributed by atoms with E-state index in [2.05, 4.69) is 31.0 Å². The molecule has 3 aliphatic carbocycles. The molecule has 7 unspecified atom stereocenters. The highest BCUT2D eigenvalue weighted by atomic mass is 16.1. The smallest absolute Gasteiger partial charge is 0.155 e. The second kappa shape index (κ2) is 7.79. The van der Waals surface area contributed by atoms with Crippen molar-refractivity contribution in [3.8, 4) is 0 Å². The molecule has 27 heavy (non-hydrogen) atoms. The Kier molecular flexibility index (Phi) is 5.58. The van der Waals surface area contributed by atoms with Gasteiger partial charge in [-0.25, -0.2) is 0 Å². The van der Waals surface area contributed by atoms with Crippen LogP contribution in [0.3, 0.4) is 0 Å². The molecule has 3 saturated carbocycles. The number of nitrogens with zero attached hydrogens (tertiary/aromatic N) is 1. The molecule has 0 aromatic heterocycles. The van der Waals surface area contributed by atoms with Gasteiger partial charge in [0.25, 0.3) is 0 Å². The second-order valence-corrected chi connectivity index (χ2v) is 10.2. The summed E-state index contributed by atoms with van der Waals surface area (Å²) < 4.78 is 0. The van der Waals surface area contributed by atoms with Crippen molar-refractivity contribution in [2.45, 2.75) is 78.6 Å². The van der Waals surface area contributed by atoms with Crippen LogP contribution >= 0.6 is 0 Å². The van der Waals surface area contributed by atoms with E-state index in [-0.39, 0.29) is 5.41 Å². The summed E-state index contributed by atoms with van der Waals surface area (Å²) in [7, 11) is 0. The van der Waals surface area contributed by atoms with Crippen LogP contribution in [0.25, 0.3) is 0 Å². The van der Waals surface area contributed by atoms with Crippen molar-refractivity contribution in [3.63, 3.8) is 0 Å². The summed E-state index contributed by atoms with van der Waals surface area (Å²) in [5, 5.41) is 3.19. The minimum Gasteiger partial charge on any atom is -0.373 e. The minimum absolute atomic E-state index is 0.269. The first-order chi connectivity index (χ1) is 13.1. The minimum atomic E-state index is 0.269. The van der Waals surface area contributed by atoms with Gasteiger partial charge in [0.15, 0.2) is 5.78 Å². The van der Waals surface area contributed by atoms with E-state index in [1.165, 1.54) is 51.4 Å². The fourth-order valence-electron chi connectivity index (χ4n) is 7.85. The molecule has 3 heteroatoms. The van der Waals surface area contributed by atoms with Gasteiger partial charge in [-0.05, 0) is 73.5 Å². The van der Waals surface area contributed by atoms with E-state index in [0.717, 1.165) is 42.7 Å². The molecule has 0 amide bonds. The fourth-order valence-corrected chi connectivity index (χ4v) is 7.85. The van der Waals surface area contributed by atoms with Crippen LogP contribution in [0.1, 0.15) is 78.6 Å². The van der Waals surface area contributed by atoms with Crippen LogP contribution in [0.2, 0.25) is 0 Å². The summed E-state index contributed by atoms with van der Waals surface area (Å²) in [5.41, 5.74) is 0.269. The van der Waals surface area contributed by atoms with Crippen molar-refractivity contribution in [3.05, 3.63) is 12.4 Å². The first-order valence-corrected chi connectivity index (χ1v) is 11.7. The number of hydrogen-bond acceptors (Lipinski definition) is 3. The Bertz CT molecular complexity index is 573. The van der Waals surface area contributed by atoms with Crippen molar-refractivity contribution in [1.29, 1.82) is 0 Å². The fraction of sp³-hybridized carbons (Fsp3) is 0.875. The molecule has 152 valence electrons. The Hall–Kier alpha value is -0.990. The van der Waals surface area contributed by atoms with Crippen LogP contribution < -0.4 is 5.32 Å². The summed E-state index contributed by atoms with van der Waals surface area (Å²) in [6.45, 7) is 8.66. The Balaban J connectivity index is 1.48. The number of carbonyl (C=O) groups is 1. The van der Waals surface area contributed by atoms with Crippen molar-refractivity contribution < 1.29 is 4.79 Å². The topological polar surface area (TPSA) is 32.3 Å². The van der Waals surface area contributed by atoms with Crippen molar-refractivity contribution >= 4 is 5.78 Å². The van der Waals surface area contributed by atoms with Crippen LogP contribution in [-0.4, -0.2) is 23.9 Å². The van der Waals surface area contributed by atoms with E-state index in [1.54, 1.807) is 0 Å². The van der Waals surface area contributed by atoms with Gasteiger partial charge in [-0.15, -0.1) is 0 Å². The Morgan fingerprint density at radius 3 is 2.70 bits per heavy atom. The Labute approximate surface area is 166 Å². The van der Waals surface area contributed by atoms with E-state index in [1.807, 2.05) is 12.4 Å². The zero-order chi connectivity index (χ0) is 19.0. The highest BCUT2D eigenvalue weighted by molar-refractivity contribution is 5.84. The van der Waals surface area contributed by atoms with Crippen LogP contribution in [0.5, 0.6) is 0 Å². The number of nitrogens with one attached hydrogen (secondary N) is 1. The maximum atomic E-state index is 13.2. The molecule has 3 fully saturated rings. The molecule has 4 rings (SSSR count). The van der Waals surface area contributed by atoms with E-state index in [0.29, 0.717) is 18.2 Å². The number of rotatable bonds is 6. The van der Waals surface area contributed by atoms with Gasteiger partial charge in [-0.3, -0.25) is 4.79 Å². The Morgan fingerprint density at radius 1 is 1.15 bits per heavy atom. The maximum Gasteiger partial charge on any atom is 0.155 e. The molecule has 1 aliphatic heterocycles. The summed E-state index contributed by atoms with van der Waals surface area (Å²) in [4.78, 5) is 15.3. The van der Waals surface area contributed by atoms with Gasteiger partial charge in [0.05, 0.1) is 13.2 Å². The lowest BCUT2D eigenvalue weighted by Crippen LogP contribution is -2.49. The standard InChI is InChI=1S/C24H40N2O/c1-4-6-18-17(5-2)7-8-20-19(18)11-12-24(3)21(20)9-10-22(24)23(27)15-26-14-13-25-16-26/h13-14,17-22,25H,4-12,15-16H2,1-3H3. The highest BCUT2D eigenvalue weighted by Crippen LogP contribution is 2.63. The van der Waals surface area contributed by atoms with Crippen molar-refractivity contribution in [1.82, 2.24) is 10.2 Å². The third kappa shape index (κ3) is 3.34. The highest BCUT2D eigenvalue weighted by Gasteiger charge is 2.57. The van der Waals surface area contributed by atoms with E-state index < -0.39 is 0 Å². The molecular weight excluding hydrogens is 332 g/mol. The summed E-state index contributed by atoms with van der Waals surface area (Å²) in [5.74, 6) is 5.36. The van der Waals surface area contributed by atoms with Crippen molar-refractivity contribution in [2.75, 3.05) is 13.2 Å². The normalized spacial score (nSPS) is 43.3. The van der Waals surface area contributed by atoms with Gasteiger partial charge in [-0.2, -0.15) is 0 Å². The number of Topliss-reactive ketones (excluding diaryl/α,β-unsaturated/α-hetero) is 1. The van der Waals surface area contributed by atoms with Gasteiger partial charge in [-0.1, -0.05) is 40.0 Å². The van der Waals surface area contributed by atoms with Gasteiger partial charge in [0, 0.05) is 18.3 Å². The molecule has 1 heterocycles. The number of hydrogen-bond donors (Lipinski definition) is 1. The van der Waals surface area contributed by atoms with Crippen LogP contribution in [-0.2, 0) is 4.79 Å². The lowest BCUT2D eigenvalue weighted by molar-refractivity contribution is -0.130. The molecule has 0 radical (unpaired) electrons. The third-order valence-electron chi connectivity index (χ3n) is 9.11. The molecule has 0 aromatic carbocycles. The monoisotopic (exact) mass is 372 g/mol. The Morgan fingerprint density at radius 2 is 2.00 bits per heavy atom. The van der Waals surface area contributed by atoms with E-state index >= 15 is 0 Å². The average Bonchev–Trinajstić information content (AvgIpc) is 3.29. The molecule has 0 aromatic rings. The van der Waals surface area contributed by atoms with E-state index in [9.17, 15) is 4.79 Å². The lowest BCUT2D eigenvalue weighted by atomic mass is 9.50. The quantitative estimate of drug-likeness (QED) is 0.697. The predicted molar refractivity (Wildman–Crippen MR) is 111 cm³/mol. The largest absolute Gasteiger partial charge is 0.373 e. The molecule has 4 aliphatic rings. The molecular formula is C24H40N2O. The van der Waals surface area contributed by atoms with Crippen molar-refractivity contribution in [2.24, 2.45) is 40.9 Å². The summed E-state index contributed by atoms with van der Waals surface area (Å²) in [6, 6.07) is 0. The molecule has 0 saturated heterocycles. The van der Waals surface area contributed by atoms with Crippen LogP contribution in [0.4, 0.5) is 0 Å². The average molecular weight is 373 g/mol. The van der Waals surface area contributed by atoms with Gasteiger partial charge >= 0.3 is 0 Å². The summed E-state index contributed by atoms with van der Waals surface area (Å²) >= 11 is 0. The maximum absolute atomic E-state index is 13.2. The van der Waals surface area contributed by atoms with Gasteiger partial charge in [0.1, 0.15) is 0 Å². The molecule has 1 N–H and O–H groups in total. The van der Waals surface area contributed by atoms with Gasteiger partial charge in [0.2, 0.25) is 0 Å². The van der Waals surface area contributed by atoms with Crippen LogP contribution in [0.15, 0.2) is 12.4 Å². The zero-order valence-corrected chi connectivity index (χ0v) is 17.8. The number of carbonyl (C=O) groups excluding carboxylic acids is 1. The SMILES string of the molecule is CCCC1C(CC)CCC2C1CCC1(C)C(C(=O)CN3C=CNC3)CCC21. The number of ketones is 1. The zero-order valence-electron chi connectivity index (χ0n) is 17.8. The second-order valence-electron chi connectivity index (χ2n) is 10.2. The molecule has 3 nitrogen and oxygen atoms in total. The van der Waals surface area contributed by atoms with Gasteiger partial charge < -0.3 is 10.2 Å². The summed E-state index contributed by atoms with van der Waals surface area (Å²) in [6.07, 6.45) is 16.1. The molecule has 0 bridgehead atoms. The third-order valence-corrected chi connectivity index (χ3v) is 9.11. The molecule has 7 atom stereocenters. The number of fused-ring (bicyclic) bond motifs is 3. The van der Waals surface area contributed by atoms with Crippen LogP contribution in [0, 0.1) is 40.9 Å².